The number of benzene rings is 2. The molecule has 1 aliphatic heterocycles. The summed E-state index contributed by atoms with van der Waals surface area (Å²) >= 11 is 0. The highest BCUT2D eigenvalue weighted by Gasteiger charge is 2.38. The molecule has 2 aromatic carbocycles. The topological polar surface area (TPSA) is 92.8 Å². The van der Waals surface area contributed by atoms with Crippen LogP contribution in [0, 0.1) is 6.92 Å². The summed E-state index contributed by atoms with van der Waals surface area (Å²) in [5.74, 6) is -1.97. The van der Waals surface area contributed by atoms with Crippen LogP contribution in [-0.4, -0.2) is 35.8 Å². The predicted molar refractivity (Wildman–Crippen MR) is 114 cm³/mol. The van der Waals surface area contributed by atoms with Gasteiger partial charge in [0, 0.05) is 6.04 Å². The Kier molecular flexibility index (Phi) is 5.59. The number of imide groups is 1. The van der Waals surface area contributed by atoms with Crippen molar-refractivity contribution in [1.29, 1.82) is 0 Å². The molecular weight excluding hydrogens is 396 g/mol. The van der Waals surface area contributed by atoms with Gasteiger partial charge in [-0.2, -0.15) is 0 Å². The van der Waals surface area contributed by atoms with Gasteiger partial charge >= 0.3 is 5.97 Å². The number of fused-ring (bicyclic) bond motifs is 1. The molecule has 7 heteroatoms. The lowest BCUT2D eigenvalue weighted by molar-refractivity contribution is -0.129. The highest BCUT2D eigenvalue weighted by Crippen LogP contribution is 2.31. The Balaban J connectivity index is 1.49. The number of hydrogen-bond donors (Lipinski definition) is 1. The summed E-state index contributed by atoms with van der Waals surface area (Å²) in [7, 11) is 0. The molecule has 0 radical (unpaired) electrons. The standard InChI is InChI=1S/C24H24N2O5/c1-14-7-3-6-10-20(14)26-22(28)18-12-11-16(13-19(18)23(26)29)24(30)31-15(2)21(27)25-17-8-4-5-9-17/h3,6-7,10-13,15,17H,4-5,8-9H2,1-2H3,(H,25,27). The van der Waals surface area contributed by atoms with Crippen LogP contribution in [-0.2, 0) is 9.53 Å². The van der Waals surface area contributed by atoms with E-state index in [-0.39, 0.29) is 28.6 Å². The van der Waals surface area contributed by atoms with Gasteiger partial charge in [0.05, 0.1) is 22.4 Å². The summed E-state index contributed by atoms with van der Waals surface area (Å²) in [6.45, 7) is 3.34. The lowest BCUT2D eigenvalue weighted by Crippen LogP contribution is -2.40. The van der Waals surface area contributed by atoms with Gasteiger partial charge in [0.25, 0.3) is 17.7 Å². The highest BCUT2D eigenvalue weighted by atomic mass is 16.5. The first kappa shape index (κ1) is 20.8. The van der Waals surface area contributed by atoms with Gasteiger partial charge in [-0.1, -0.05) is 31.0 Å². The smallest absolute Gasteiger partial charge is 0.338 e. The monoisotopic (exact) mass is 420 g/mol. The molecule has 1 fully saturated rings. The van der Waals surface area contributed by atoms with Crippen molar-refractivity contribution in [3.05, 3.63) is 64.7 Å². The quantitative estimate of drug-likeness (QED) is 0.591. The average molecular weight is 420 g/mol. The molecular formula is C24H24N2O5. The molecule has 0 spiro atoms. The maximum absolute atomic E-state index is 12.9. The molecule has 160 valence electrons. The van der Waals surface area contributed by atoms with E-state index >= 15 is 0 Å². The Labute approximate surface area is 180 Å². The number of ether oxygens (including phenoxy) is 1. The van der Waals surface area contributed by atoms with Crippen molar-refractivity contribution in [2.45, 2.75) is 51.7 Å². The second-order valence-electron chi connectivity index (χ2n) is 8.03. The summed E-state index contributed by atoms with van der Waals surface area (Å²) < 4.78 is 5.30. The number of nitrogens with one attached hydrogen (secondary N) is 1. The van der Waals surface area contributed by atoms with Crippen molar-refractivity contribution in [3.63, 3.8) is 0 Å². The molecule has 1 unspecified atom stereocenters. The molecule has 3 amide bonds. The van der Waals surface area contributed by atoms with Crippen molar-refractivity contribution in [2.24, 2.45) is 0 Å². The van der Waals surface area contributed by atoms with E-state index in [0.29, 0.717) is 5.69 Å². The number of anilines is 1. The van der Waals surface area contributed by atoms with Crippen LogP contribution in [0.1, 0.15) is 69.2 Å². The van der Waals surface area contributed by atoms with Crippen LogP contribution >= 0.6 is 0 Å². The third-order valence-corrected chi connectivity index (χ3v) is 5.83. The normalized spacial score (nSPS) is 16.9. The molecule has 7 nitrogen and oxygen atoms in total. The van der Waals surface area contributed by atoms with Crippen LogP contribution in [0.3, 0.4) is 0 Å². The van der Waals surface area contributed by atoms with Crippen molar-refractivity contribution >= 4 is 29.4 Å². The van der Waals surface area contributed by atoms with Gasteiger partial charge in [0.1, 0.15) is 0 Å². The molecule has 1 aliphatic carbocycles. The SMILES string of the molecule is Cc1ccccc1N1C(=O)c2ccc(C(=O)OC(C)C(=O)NC3CCCC3)cc2C1=O. The number of amides is 3. The van der Waals surface area contributed by atoms with Crippen LogP contribution in [0.5, 0.6) is 0 Å². The number of hydrogen-bond acceptors (Lipinski definition) is 5. The number of carbonyl (C=O) groups is 4. The zero-order chi connectivity index (χ0) is 22.1. The first-order chi connectivity index (χ1) is 14.9. The average Bonchev–Trinajstić information content (AvgIpc) is 3.35. The minimum absolute atomic E-state index is 0.118. The summed E-state index contributed by atoms with van der Waals surface area (Å²) in [4.78, 5) is 51.7. The van der Waals surface area contributed by atoms with E-state index in [1.54, 1.807) is 12.1 Å². The molecule has 4 rings (SSSR count). The summed E-state index contributed by atoms with van der Waals surface area (Å²) in [5.41, 5.74) is 1.79. The van der Waals surface area contributed by atoms with Crippen LogP contribution in [0.4, 0.5) is 5.69 Å². The third kappa shape index (κ3) is 3.95. The van der Waals surface area contributed by atoms with Crippen LogP contribution in [0.2, 0.25) is 0 Å². The highest BCUT2D eigenvalue weighted by molar-refractivity contribution is 6.34. The minimum atomic E-state index is -0.956. The molecule has 0 bridgehead atoms. The minimum Gasteiger partial charge on any atom is -0.449 e. The molecule has 1 heterocycles. The van der Waals surface area contributed by atoms with Gasteiger partial charge in [0.15, 0.2) is 6.10 Å². The largest absolute Gasteiger partial charge is 0.449 e. The Morgan fingerprint density at radius 2 is 1.71 bits per heavy atom. The molecule has 31 heavy (non-hydrogen) atoms. The van der Waals surface area contributed by atoms with E-state index < -0.39 is 23.9 Å². The van der Waals surface area contributed by atoms with Crippen molar-refractivity contribution < 1.29 is 23.9 Å². The molecule has 1 N–H and O–H groups in total. The first-order valence-electron chi connectivity index (χ1n) is 10.5. The number of esters is 1. The Bertz CT molecular complexity index is 1070. The molecule has 0 aromatic heterocycles. The predicted octanol–water partition coefficient (Wildman–Crippen LogP) is 3.40. The second kappa shape index (κ2) is 8.34. The Morgan fingerprint density at radius 1 is 1.03 bits per heavy atom. The molecule has 2 aromatic rings. The van der Waals surface area contributed by atoms with Gasteiger partial charge in [-0.25, -0.2) is 9.69 Å². The maximum atomic E-state index is 12.9. The lowest BCUT2D eigenvalue weighted by Gasteiger charge is -2.17. The number of nitrogens with zero attached hydrogens (tertiary/aromatic N) is 1. The number of aryl methyl sites for hydroxylation is 1. The summed E-state index contributed by atoms with van der Waals surface area (Å²) in [6.07, 6.45) is 3.08. The first-order valence-corrected chi connectivity index (χ1v) is 10.5. The molecule has 2 aliphatic rings. The number of para-hydroxylation sites is 1. The second-order valence-corrected chi connectivity index (χ2v) is 8.03. The van der Waals surface area contributed by atoms with E-state index in [4.69, 9.17) is 4.74 Å². The van der Waals surface area contributed by atoms with Crippen LogP contribution in [0.15, 0.2) is 42.5 Å². The molecule has 0 saturated heterocycles. The fourth-order valence-corrected chi connectivity index (χ4v) is 4.07. The fourth-order valence-electron chi connectivity index (χ4n) is 4.07. The van der Waals surface area contributed by atoms with Gasteiger partial charge in [-0.05, 0) is 56.5 Å². The van der Waals surface area contributed by atoms with Crippen molar-refractivity contribution in [2.75, 3.05) is 4.90 Å². The summed E-state index contributed by atoms with van der Waals surface area (Å²) in [6, 6.07) is 11.5. The Hall–Kier alpha value is -3.48. The Morgan fingerprint density at radius 3 is 2.42 bits per heavy atom. The van der Waals surface area contributed by atoms with E-state index in [0.717, 1.165) is 36.1 Å². The summed E-state index contributed by atoms with van der Waals surface area (Å²) in [5, 5.41) is 2.90. The van der Waals surface area contributed by atoms with Crippen molar-refractivity contribution in [3.8, 4) is 0 Å². The van der Waals surface area contributed by atoms with Crippen LogP contribution in [0.25, 0.3) is 0 Å². The van der Waals surface area contributed by atoms with Gasteiger partial charge < -0.3 is 10.1 Å². The fraction of sp³-hybridized carbons (Fsp3) is 0.333. The third-order valence-electron chi connectivity index (χ3n) is 5.83. The van der Waals surface area contributed by atoms with E-state index in [1.807, 2.05) is 19.1 Å². The van der Waals surface area contributed by atoms with Gasteiger partial charge in [-0.3, -0.25) is 14.4 Å². The van der Waals surface area contributed by atoms with Crippen LogP contribution < -0.4 is 10.2 Å². The van der Waals surface area contributed by atoms with Gasteiger partial charge in [0.2, 0.25) is 0 Å². The van der Waals surface area contributed by atoms with E-state index in [1.165, 1.54) is 25.1 Å². The molecule has 1 saturated carbocycles. The number of rotatable bonds is 5. The van der Waals surface area contributed by atoms with Gasteiger partial charge in [-0.15, -0.1) is 0 Å². The zero-order valence-electron chi connectivity index (χ0n) is 17.5. The lowest BCUT2D eigenvalue weighted by atomic mass is 10.1. The van der Waals surface area contributed by atoms with Crippen molar-refractivity contribution in [1.82, 2.24) is 5.32 Å². The van der Waals surface area contributed by atoms with E-state index in [2.05, 4.69) is 5.32 Å². The zero-order valence-corrected chi connectivity index (χ0v) is 17.5. The molecule has 1 atom stereocenters. The number of carbonyl (C=O) groups excluding carboxylic acids is 4. The maximum Gasteiger partial charge on any atom is 0.338 e. The van der Waals surface area contributed by atoms with E-state index in [9.17, 15) is 19.2 Å².